The van der Waals surface area contributed by atoms with Gasteiger partial charge in [-0.3, -0.25) is 9.21 Å². The Hall–Kier alpha value is -3.07. The molecule has 7 nitrogen and oxygen atoms in total. The Kier molecular flexibility index (Phi) is 6.48. The lowest BCUT2D eigenvalue weighted by Crippen LogP contribution is -2.51. The number of carbonyl (C=O) groups is 1. The number of rotatable bonds is 5. The highest BCUT2D eigenvalue weighted by molar-refractivity contribution is 7.95. The molecule has 0 saturated carbocycles. The topological polar surface area (TPSA) is 60.1 Å². The van der Waals surface area contributed by atoms with E-state index >= 15 is 0 Å². The number of nitrogens with one attached hydrogen (secondary N) is 2. The second-order valence-electron chi connectivity index (χ2n) is 7.88. The monoisotopic (exact) mass is 481 g/mol. The zero-order chi connectivity index (χ0) is 22.6. The van der Waals surface area contributed by atoms with E-state index in [9.17, 15) is 4.79 Å². The molecule has 2 amide bonds. The number of benzene rings is 2. The lowest BCUT2D eigenvalue weighted by molar-refractivity contribution is 0.137. The summed E-state index contributed by atoms with van der Waals surface area (Å²) >= 11 is 7.42. The first kappa shape index (κ1) is 21.8. The fraction of sp³-hybridized carbons (Fsp3) is 0.208. The van der Waals surface area contributed by atoms with Crippen molar-refractivity contribution in [2.45, 2.75) is 6.54 Å². The largest absolute Gasteiger partial charge is 0.457 e. The number of halogens is 1. The number of amides is 2. The van der Waals surface area contributed by atoms with Gasteiger partial charge < -0.3 is 19.7 Å². The maximum absolute atomic E-state index is 12.8. The molecule has 33 heavy (non-hydrogen) atoms. The minimum Gasteiger partial charge on any atom is -0.457 e. The van der Waals surface area contributed by atoms with Gasteiger partial charge >= 0.3 is 6.03 Å². The number of carbonyl (C=O) groups excluding carboxylic acids is 1. The molecule has 3 aliphatic heterocycles. The van der Waals surface area contributed by atoms with Gasteiger partial charge in [0.05, 0.1) is 23.5 Å². The Balaban J connectivity index is 1.12. The molecule has 2 aromatic carbocycles. The number of hydrogen-bond acceptors (Lipinski definition) is 6. The molecule has 1 saturated heterocycles. The molecule has 3 heterocycles. The third kappa shape index (κ3) is 5.30. The van der Waals surface area contributed by atoms with E-state index in [1.165, 1.54) is 17.7 Å². The molecule has 170 valence electrons. The summed E-state index contributed by atoms with van der Waals surface area (Å²) in [5, 5.41) is 3.73. The predicted octanol–water partition coefficient (Wildman–Crippen LogP) is 4.68. The Labute approximate surface area is 202 Å². The summed E-state index contributed by atoms with van der Waals surface area (Å²) in [5.74, 6) is 1.55. The number of ether oxygens (including phenoxy) is 1. The van der Waals surface area contributed by atoms with Crippen LogP contribution < -0.4 is 14.8 Å². The van der Waals surface area contributed by atoms with Crippen molar-refractivity contribution in [3.05, 3.63) is 95.1 Å². The fourth-order valence-corrected chi connectivity index (χ4v) is 4.66. The molecule has 0 spiro atoms. The number of fused-ring (bicyclic) bond motifs is 1. The average molecular weight is 482 g/mol. The first-order valence-electron chi connectivity index (χ1n) is 10.8. The highest BCUT2D eigenvalue weighted by Gasteiger charge is 2.25. The van der Waals surface area contributed by atoms with Crippen molar-refractivity contribution >= 4 is 29.8 Å². The smallest absolute Gasteiger partial charge is 0.321 e. The number of piperazine rings is 1. The van der Waals surface area contributed by atoms with Crippen LogP contribution in [0.1, 0.15) is 5.56 Å². The lowest BCUT2D eigenvalue weighted by Gasteiger charge is -2.35. The van der Waals surface area contributed by atoms with Gasteiger partial charge in [0.15, 0.2) is 0 Å². The van der Waals surface area contributed by atoms with Gasteiger partial charge in [0.25, 0.3) is 0 Å². The van der Waals surface area contributed by atoms with Gasteiger partial charge in [-0.2, -0.15) is 0 Å². The van der Waals surface area contributed by atoms with Gasteiger partial charge in [0.2, 0.25) is 0 Å². The SMILES string of the molecule is O=C(NC1=CC=CN2SNC=C12)N1CCN(Cc2cccc(Oc3ccc(Cl)cc3)c2)CC1. The van der Waals surface area contributed by atoms with Crippen molar-refractivity contribution < 1.29 is 9.53 Å². The van der Waals surface area contributed by atoms with Crippen molar-refractivity contribution in [2.24, 2.45) is 0 Å². The molecule has 2 N–H and O–H groups in total. The van der Waals surface area contributed by atoms with Crippen LogP contribution in [0, 0.1) is 0 Å². The molecule has 0 atom stereocenters. The third-order valence-electron chi connectivity index (χ3n) is 5.60. The van der Waals surface area contributed by atoms with Crippen molar-refractivity contribution in [3.8, 4) is 11.5 Å². The quantitative estimate of drug-likeness (QED) is 0.605. The summed E-state index contributed by atoms with van der Waals surface area (Å²) < 4.78 is 11.0. The molecule has 0 radical (unpaired) electrons. The van der Waals surface area contributed by atoms with Gasteiger partial charge in [0.1, 0.15) is 11.5 Å². The average Bonchev–Trinajstić information content (AvgIpc) is 3.31. The Bertz CT molecular complexity index is 1110. The molecule has 0 unspecified atom stereocenters. The first-order valence-corrected chi connectivity index (χ1v) is 11.9. The second-order valence-corrected chi connectivity index (χ2v) is 9.13. The van der Waals surface area contributed by atoms with E-state index in [0.29, 0.717) is 18.1 Å². The molecular weight excluding hydrogens is 458 g/mol. The normalized spacial score (nSPS) is 17.7. The van der Waals surface area contributed by atoms with Crippen LogP contribution >= 0.6 is 23.7 Å². The number of nitrogens with zero attached hydrogens (tertiary/aromatic N) is 3. The van der Waals surface area contributed by atoms with E-state index in [4.69, 9.17) is 16.3 Å². The number of urea groups is 1. The van der Waals surface area contributed by atoms with Crippen molar-refractivity contribution in [1.82, 2.24) is 24.1 Å². The minimum absolute atomic E-state index is 0.0627. The molecule has 0 aromatic heterocycles. The van der Waals surface area contributed by atoms with Gasteiger partial charge in [-0.1, -0.05) is 23.7 Å². The Morgan fingerprint density at radius 3 is 2.73 bits per heavy atom. The van der Waals surface area contributed by atoms with E-state index in [1.807, 2.05) is 70.2 Å². The predicted molar refractivity (Wildman–Crippen MR) is 131 cm³/mol. The first-order chi connectivity index (χ1) is 16.1. The molecule has 9 heteroatoms. The summed E-state index contributed by atoms with van der Waals surface area (Å²) in [7, 11) is 0. The fourth-order valence-electron chi connectivity index (χ4n) is 3.88. The van der Waals surface area contributed by atoms with Crippen LogP contribution in [0.3, 0.4) is 0 Å². The van der Waals surface area contributed by atoms with Crippen molar-refractivity contribution in [1.29, 1.82) is 0 Å². The lowest BCUT2D eigenvalue weighted by atomic mass is 10.2. The van der Waals surface area contributed by atoms with Gasteiger partial charge in [-0.15, -0.1) is 0 Å². The van der Waals surface area contributed by atoms with E-state index in [-0.39, 0.29) is 6.03 Å². The van der Waals surface area contributed by atoms with Crippen LogP contribution in [0.5, 0.6) is 11.5 Å². The van der Waals surface area contributed by atoms with E-state index in [2.05, 4.69) is 27.1 Å². The van der Waals surface area contributed by atoms with Crippen LogP contribution in [0.2, 0.25) is 5.02 Å². The number of hydrogen-bond donors (Lipinski definition) is 2. The minimum atomic E-state index is -0.0627. The highest BCUT2D eigenvalue weighted by atomic mass is 35.5. The summed E-state index contributed by atoms with van der Waals surface area (Å²) in [6.07, 6.45) is 7.70. The Morgan fingerprint density at radius 2 is 1.91 bits per heavy atom. The van der Waals surface area contributed by atoms with Crippen LogP contribution in [-0.2, 0) is 6.54 Å². The van der Waals surface area contributed by atoms with Gasteiger partial charge in [0, 0.05) is 50.1 Å². The molecule has 1 fully saturated rings. The molecule has 2 aromatic rings. The maximum Gasteiger partial charge on any atom is 0.321 e. The maximum atomic E-state index is 12.8. The third-order valence-corrected chi connectivity index (χ3v) is 6.59. The summed E-state index contributed by atoms with van der Waals surface area (Å²) in [5.41, 5.74) is 2.94. The summed E-state index contributed by atoms with van der Waals surface area (Å²) in [6.45, 7) is 3.83. The van der Waals surface area contributed by atoms with Crippen LogP contribution in [-0.4, -0.2) is 46.3 Å². The second kappa shape index (κ2) is 9.82. The van der Waals surface area contributed by atoms with Crippen molar-refractivity contribution in [3.63, 3.8) is 0 Å². The van der Waals surface area contributed by atoms with Crippen LogP contribution in [0.4, 0.5) is 4.79 Å². The van der Waals surface area contributed by atoms with E-state index in [1.54, 1.807) is 0 Å². The van der Waals surface area contributed by atoms with Crippen LogP contribution in [0.15, 0.2) is 84.5 Å². The number of allylic oxidation sites excluding steroid dienone is 2. The van der Waals surface area contributed by atoms with Crippen LogP contribution in [0.25, 0.3) is 0 Å². The zero-order valence-electron chi connectivity index (χ0n) is 17.9. The van der Waals surface area contributed by atoms with Gasteiger partial charge in [-0.05, 0) is 54.1 Å². The van der Waals surface area contributed by atoms with Gasteiger partial charge in [-0.25, -0.2) is 4.79 Å². The molecule has 0 bridgehead atoms. The zero-order valence-corrected chi connectivity index (χ0v) is 19.5. The van der Waals surface area contributed by atoms with E-state index < -0.39 is 0 Å². The summed E-state index contributed by atoms with van der Waals surface area (Å²) in [6, 6.07) is 15.4. The molecule has 3 aliphatic rings. The highest BCUT2D eigenvalue weighted by Crippen LogP contribution is 2.29. The van der Waals surface area contributed by atoms with Crippen molar-refractivity contribution in [2.75, 3.05) is 26.2 Å². The summed E-state index contributed by atoms with van der Waals surface area (Å²) in [4.78, 5) is 17.0. The Morgan fingerprint density at radius 1 is 1.09 bits per heavy atom. The van der Waals surface area contributed by atoms with E-state index in [0.717, 1.165) is 42.5 Å². The molecule has 5 rings (SSSR count). The molecule has 0 aliphatic carbocycles. The molecular formula is C24H24ClN5O2S. The standard InChI is InChI=1S/C24H24ClN5O2S/c25-19-6-8-20(9-7-19)32-21-4-1-3-18(15-21)17-28-11-13-29(14-12-28)24(31)27-22-5-2-10-30-23(22)16-26-33-30/h1-10,15-16,26H,11-14,17H2,(H,27,31).